The first-order valence-electron chi connectivity index (χ1n) is 8.61. The molecule has 0 aliphatic heterocycles. The van der Waals surface area contributed by atoms with E-state index in [9.17, 15) is 9.90 Å². The zero-order valence-electron chi connectivity index (χ0n) is 14.8. The maximum Gasteiger partial charge on any atom is 0.330 e. The molecule has 0 radical (unpaired) electrons. The normalized spacial score (nSPS) is 25.9. The fourth-order valence-electron chi connectivity index (χ4n) is 3.13. The Balaban J connectivity index is 2.92. The van der Waals surface area contributed by atoms with E-state index in [-0.39, 0.29) is 17.3 Å². The van der Waals surface area contributed by atoms with Gasteiger partial charge in [-0.15, -0.1) is 0 Å². The molecule has 0 aromatic heterocycles. The summed E-state index contributed by atoms with van der Waals surface area (Å²) in [6, 6.07) is 0. The van der Waals surface area contributed by atoms with Crippen LogP contribution in [0.3, 0.4) is 0 Å². The Morgan fingerprint density at radius 3 is 2.59 bits per heavy atom. The number of aliphatic hydroxyl groups excluding tert-OH is 1. The standard InChI is InChI=1S/C19H32O3/c1-6-8-9-10-11-15-13-19(4,5)18(21)16(14(15)3)12-17(20)22-7-2/h12-14,18,21H,6-11H2,1-5H3/b16-12-. The van der Waals surface area contributed by atoms with E-state index in [1.54, 1.807) is 6.92 Å². The van der Waals surface area contributed by atoms with Gasteiger partial charge in [-0.1, -0.05) is 58.6 Å². The van der Waals surface area contributed by atoms with Gasteiger partial charge in [0.15, 0.2) is 0 Å². The minimum atomic E-state index is -0.633. The lowest BCUT2D eigenvalue weighted by molar-refractivity contribution is -0.137. The summed E-state index contributed by atoms with van der Waals surface area (Å²) < 4.78 is 5.01. The molecule has 2 unspecified atom stereocenters. The molecule has 0 bridgehead atoms. The second-order valence-electron chi connectivity index (χ2n) is 6.87. The summed E-state index contributed by atoms with van der Waals surface area (Å²) in [5.74, 6) is -0.250. The van der Waals surface area contributed by atoms with E-state index in [1.807, 2.05) is 13.8 Å². The molecule has 1 aliphatic carbocycles. The van der Waals surface area contributed by atoms with Crippen LogP contribution in [0, 0.1) is 11.3 Å². The number of rotatable bonds is 7. The number of allylic oxidation sites excluding steroid dienone is 1. The van der Waals surface area contributed by atoms with Gasteiger partial charge in [-0.05, 0) is 25.3 Å². The minimum absolute atomic E-state index is 0.106. The Bertz CT molecular complexity index is 432. The van der Waals surface area contributed by atoms with Gasteiger partial charge in [0.05, 0.1) is 12.7 Å². The molecule has 0 aromatic rings. The maximum absolute atomic E-state index is 11.8. The Labute approximate surface area is 135 Å². The lowest BCUT2D eigenvalue weighted by Gasteiger charge is -2.39. The predicted molar refractivity (Wildman–Crippen MR) is 90.5 cm³/mol. The van der Waals surface area contributed by atoms with Crippen molar-refractivity contribution in [3.8, 4) is 0 Å². The molecule has 0 spiro atoms. The summed E-state index contributed by atoms with van der Waals surface area (Å²) >= 11 is 0. The molecule has 0 saturated carbocycles. The van der Waals surface area contributed by atoms with Crippen LogP contribution >= 0.6 is 0 Å². The molecule has 3 heteroatoms. The average molecular weight is 308 g/mol. The van der Waals surface area contributed by atoms with E-state index >= 15 is 0 Å². The molecule has 1 aliphatic rings. The fraction of sp³-hybridized carbons (Fsp3) is 0.737. The van der Waals surface area contributed by atoms with Gasteiger partial charge < -0.3 is 9.84 Å². The summed E-state index contributed by atoms with van der Waals surface area (Å²) in [5.41, 5.74) is 1.78. The van der Waals surface area contributed by atoms with E-state index in [2.05, 4.69) is 19.9 Å². The number of esters is 1. The number of ether oxygens (including phenoxy) is 1. The first kappa shape index (κ1) is 19.0. The molecular weight excluding hydrogens is 276 g/mol. The number of unbranched alkanes of at least 4 members (excludes halogenated alkanes) is 3. The SMILES string of the molecule is CCCCCCC1=CC(C)(C)C(O)/C(=C\C(=O)OCC)C1C. The second kappa shape index (κ2) is 8.52. The van der Waals surface area contributed by atoms with Crippen molar-refractivity contribution in [1.82, 2.24) is 0 Å². The molecule has 0 fully saturated rings. The molecule has 126 valence electrons. The fourth-order valence-corrected chi connectivity index (χ4v) is 3.13. The summed E-state index contributed by atoms with van der Waals surface area (Å²) in [7, 11) is 0. The van der Waals surface area contributed by atoms with E-state index < -0.39 is 6.10 Å². The highest BCUT2D eigenvalue weighted by atomic mass is 16.5. The van der Waals surface area contributed by atoms with Gasteiger partial charge in [-0.3, -0.25) is 0 Å². The van der Waals surface area contributed by atoms with Crippen LogP contribution < -0.4 is 0 Å². The van der Waals surface area contributed by atoms with Gasteiger partial charge in [0, 0.05) is 17.4 Å². The lowest BCUT2D eigenvalue weighted by atomic mass is 9.69. The molecule has 0 saturated heterocycles. The summed E-state index contributed by atoms with van der Waals surface area (Å²) in [6.45, 7) is 10.5. The van der Waals surface area contributed by atoms with Crippen molar-refractivity contribution in [3.63, 3.8) is 0 Å². The third-order valence-electron chi connectivity index (χ3n) is 4.52. The molecule has 0 aromatic carbocycles. The van der Waals surface area contributed by atoms with Crippen LogP contribution in [0.25, 0.3) is 0 Å². The van der Waals surface area contributed by atoms with Crippen molar-refractivity contribution in [1.29, 1.82) is 0 Å². The minimum Gasteiger partial charge on any atom is -0.463 e. The van der Waals surface area contributed by atoms with Crippen LogP contribution in [-0.2, 0) is 9.53 Å². The quantitative estimate of drug-likeness (QED) is 0.328. The highest BCUT2D eigenvalue weighted by Crippen LogP contribution is 2.42. The Morgan fingerprint density at radius 2 is 2.00 bits per heavy atom. The number of carbonyl (C=O) groups is 1. The Kier molecular flexibility index (Phi) is 7.34. The molecular formula is C19H32O3. The van der Waals surface area contributed by atoms with Crippen molar-refractivity contribution in [3.05, 3.63) is 23.3 Å². The van der Waals surface area contributed by atoms with Gasteiger partial charge >= 0.3 is 5.97 Å². The molecule has 1 rings (SSSR count). The van der Waals surface area contributed by atoms with Crippen LogP contribution in [0.5, 0.6) is 0 Å². The van der Waals surface area contributed by atoms with Crippen molar-refractivity contribution in [2.75, 3.05) is 6.61 Å². The van der Waals surface area contributed by atoms with Crippen molar-refractivity contribution < 1.29 is 14.6 Å². The summed E-state index contributed by atoms with van der Waals surface area (Å²) in [5, 5.41) is 10.6. The van der Waals surface area contributed by atoms with Crippen LogP contribution in [0.15, 0.2) is 23.3 Å². The molecule has 0 heterocycles. The van der Waals surface area contributed by atoms with Crippen LogP contribution in [-0.4, -0.2) is 23.8 Å². The predicted octanol–water partition coefficient (Wildman–Crippen LogP) is 4.41. The van der Waals surface area contributed by atoms with Gasteiger partial charge in [-0.25, -0.2) is 4.79 Å². The molecule has 0 amide bonds. The molecule has 1 N–H and O–H groups in total. The number of carbonyl (C=O) groups excluding carboxylic acids is 1. The maximum atomic E-state index is 11.8. The Hall–Kier alpha value is -1.09. The highest BCUT2D eigenvalue weighted by molar-refractivity contribution is 5.83. The molecule has 2 atom stereocenters. The van der Waals surface area contributed by atoms with E-state index in [0.29, 0.717) is 6.61 Å². The van der Waals surface area contributed by atoms with Crippen LogP contribution in [0.2, 0.25) is 0 Å². The van der Waals surface area contributed by atoms with Crippen LogP contribution in [0.4, 0.5) is 0 Å². The first-order chi connectivity index (χ1) is 10.3. The van der Waals surface area contributed by atoms with Gasteiger partial charge in [0.2, 0.25) is 0 Å². The first-order valence-corrected chi connectivity index (χ1v) is 8.61. The van der Waals surface area contributed by atoms with E-state index in [4.69, 9.17) is 4.74 Å². The summed E-state index contributed by atoms with van der Waals surface area (Å²) in [4.78, 5) is 11.8. The highest BCUT2D eigenvalue weighted by Gasteiger charge is 2.37. The van der Waals surface area contributed by atoms with Gasteiger partial charge in [0.1, 0.15) is 0 Å². The molecule has 3 nitrogen and oxygen atoms in total. The zero-order chi connectivity index (χ0) is 16.8. The van der Waals surface area contributed by atoms with Crippen molar-refractivity contribution in [2.45, 2.75) is 72.8 Å². The average Bonchev–Trinajstić information content (AvgIpc) is 2.45. The third-order valence-corrected chi connectivity index (χ3v) is 4.52. The zero-order valence-corrected chi connectivity index (χ0v) is 14.8. The van der Waals surface area contributed by atoms with Gasteiger partial charge in [-0.2, -0.15) is 0 Å². The summed E-state index contributed by atoms with van der Waals surface area (Å²) in [6.07, 6.45) is 9.01. The lowest BCUT2D eigenvalue weighted by Crippen LogP contribution is -2.37. The number of hydrogen-bond acceptors (Lipinski definition) is 3. The third kappa shape index (κ3) is 4.98. The van der Waals surface area contributed by atoms with Gasteiger partial charge in [0.25, 0.3) is 0 Å². The van der Waals surface area contributed by atoms with E-state index in [1.165, 1.54) is 37.3 Å². The van der Waals surface area contributed by atoms with Crippen molar-refractivity contribution in [2.24, 2.45) is 11.3 Å². The number of hydrogen-bond donors (Lipinski definition) is 1. The van der Waals surface area contributed by atoms with E-state index in [0.717, 1.165) is 12.0 Å². The topological polar surface area (TPSA) is 46.5 Å². The Morgan fingerprint density at radius 1 is 1.32 bits per heavy atom. The largest absolute Gasteiger partial charge is 0.463 e. The second-order valence-corrected chi connectivity index (χ2v) is 6.87. The van der Waals surface area contributed by atoms with Crippen LogP contribution in [0.1, 0.15) is 66.7 Å². The number of aliphatic hydroxyl groups is 1. The smallest absolute Gasteiger partial charge is 0.330 e. The monoisotopic (exact) mass is 308 g/mol. The molecule has 22 heavy (non-hydrogen) atoms. The van der Waals surface area contributed by atoms with Crippen molar-refractivity contribution >= 4 is 5.97 Å².